The summed E-state index contributed by atoms with van der Waals surface area (Å²) in [6.45, 7) is 3.97. The van der Waals surface area contributed by atoms with Crippen LogP contribution in [0.1, 0.15) is 18.9 Å². The molecule has 0 atom stereocenters. The van der Waals surface area contributed by atoms with Crippen LogP contribution in [-0.2, 0) is 10.0 Å². The highest BCUT2D eigenvalue weighted by Gasteiger charge is 2.13. The van der Waals surface area contributed by atoms with Crippen molar-refractivity contribution in [3.63, 3.8) is 0 Å². The average molecular weight is 418 g/mol. The quantitative estimate of drug-likeness (QED) is 0.346. The van der Waals surface area contributed by atoms with Crippen LogP contribution < -0.4 is 10.3 Å². The number of nitrogens with one attached hydrogen (secondary N) is 1. The van der Waals surface area contributed by atoms with Gasteiger partial charge in [-0.2, -0.15) is 0 Å². The third-order valence-electron chi connectivity index (χ3n) is 4.29. The third-order valence-corrected chi connectivity index (χ3v) is 6.72. The van der Waals surface area contributed by atoms with Gasteiger partial charge in [-0.25, -0.2) is 18.1 Å². The van der Waals surface area contributed by atoms with Gasteiger partial charge in [0.05, 0.1) is 22.3 Å². The molecule has 0 saturated carbocycles. The van der Waals surface area contributed by atoms with E-state index in [1.165, 1.54) is 11.8 Å². The molecule has 0 radical (unpaired) electrons. The molecule has 0 saturated heterocycles. The van der Waals surface area contributed by atoms with Gasteiger partial charge in [0.1, 0.15) is 0 Å². The lowest BCUT2D eigenvalue weighted by molar-refractivity contribution is 0.582. The van der Waals surface area contributed by atoms with Gasteiger partial charge in [0.2, 0.25) is 10.0 Å². The first-order chi connectivity index (χ1) is 13.4. The summed E-state index contributed by atoms with van der Waals surface area (Å²) in [4.78, 5) is 17.8. The summed E-state index contributed by atoms with van der Waals surface area (Å²) in [5.74, 6) is 0.711. The van der Waals surface area contributed by atoms with Crippen molar-refractivity contribution in [3.05, 3.63) is 64.4 Å². The monoisotopic (exact) mass is 417 g/mol. The minimum Gasteiger partial charge on any atom is -0.268 e. The zero-order chi connectivity index (χ0) is 20.1. The van der Waals surface area contributed by atoms with Crippen molar-refractivity contribution in [1.82, 2.24) is 14.3 Å². The van der Waals surface area contributed by atoms with Crippen LogP contribution in [0.5, 0.6) is 0 Å². The summed E-state index contributed by atoms with van der Waals surface area (Å²) < 4.78 is 27.2. The molecule has 0 aliphatic rings. The Morgan fingerprint density at radius 3 is 2.54 bits per heavy atom. The van der Waals surface area contributed by atoms with Crippen molar-refractivity contribution in [1.29, 1.82) is 0 Å². The second kappa shape index (κ2) is 8.89. The molecule has 2 aromatic carbocycles. The van der Waals surface area contributed by atoms with Gasteiger partial charge in [-0.3, -0.25) is 9.36 Å². The molecule has 0 spiro atoms. The van der Waals surface area contributed by atoms with Gasteiger partial charge in [0.15, 0.2) is 5.16 Å². The molecule has 0 aliphatic heterocycles. The molecular weight excluding hydrogens is 394 g/mol. The van der Waals surface area contributed by atoms with Gasteiger partial charge in [0, 0.05) is 12.3 Å². The Bertz CT molecular complexity index is 1120. The number of aromatic nitrogens is 2. The maximum absolute atomic E-state index is 13.1. The molecule has 3 rings (SSSR count). The van der Waals surface area contributed by atoms with Crippen LogP contribution >= 0.6 is 11.8 Å². The number of benzene rings is 2. The molecule has 3 aromatic rings. The van der Waals surface area contributed by atoms with Gasteiger partial charge in [-0.15, -0.1) is 0 Å². The van der Waals surface area contributed by atoms with Crippen molar-refractivity contribution in [3.8, 4) is 5.69 Å². The first-order valence-corrected chi connectivity index (χ1v) is 11.7. The Labute approximate surface area is 169 Å². The number of para-hydroxylation sites is 1. The second-order valence-electron chi connectivity index (χ2n) is 6.39. The number of thioether (sulfide) groups is 1. The minimum atomic E-state index is -3.19. The predicted octanol–water partition coefficient (Wildman–Crippen LogP) is 3.12. The van der Waals surface area contributed by atoms with E-state index >= 15 is 0 Å². The standard InChI is InChI=1S/C20H23N3O3S2/c1-3-28(25,26)21-13-6-14-27-20-22-18-8-5-4-7-17(18)19(24)23(20)16-11-9-15(2)10-12-16/h4-5,7-12,21H,3,6,13-14H2,1-2H3. The van der Waals surface area contributed by atoms with E-state index in [9.17, 15) is 13.2 Å². The Hall–Kier alpha value is -2.16. The maximum atomic E-state index is 13.1. The molecule has 0 amide bonds. The van der Waals surface area contributed by atoms with Crippen LogP contribution in [0.3, 0.4) is 0 Å². The largest absolute Gasteiger partial charge is 0.268 e. The van der Waals surface area contributed by atoms with E-state index in [0.29, 0.717) is 34.8 Å². The fourth-order valence-corrected chi connectivity index (χ4v) is 4.31. The minimum absolute atomic E-state index is 0.0688. The number of rotatable bonds is 8. The van der Waals surface area contributed by atoms with Crippen molar-refractivity contribution >= 4 is 32.7 Å². The third kappa shape index (κ3) is 4.81. The van der Waals surface area contributed by atoms with Crippen LogP contribution in [0.2, 0.25) is 0 Å². The van der Waals surface area contributed by atoms with Crippen LogP contribution in [0.15, 0.2) is 58.5 Å². The first kappa shape index (κ1) is 20.6. The summed E-state index contributed by atoms with van der Waals surface area (Å²) in [6, 6.07) is 15.0. The van der Waals surface area contributed by atoms with E-state index in [1.54, 1.807) is 17.6 Å². The lowest BCUT2D eigenvalue weighted by Gasteiger charge is -2.13. The molecule has 0 unspecified atom stereocenters. The van der Waals surface area contributed by atoms with Crippen LogP contribution in [0.4, 0.5) is 0 Å². The van der Waals surface area contributed by atoms with Crippen molar-refractivity contribution in [2.24, 2.45) is 0 Å². The topological polar surface area (TPSA) is 81.1 Å². The number of hydrogen-bond donors (Lipinski definition) is 1. The highest BCUT2D eigenvalue weighted by atomic mass is 32.2. The Morgan fingerprint density at radius 1 is 1.11 bits per heavy atom. The summed E-state index contributed by atoms with van der Waals surface area (Å²) in [6.07, 6.45) is 0.639. The Balaban J connectivity index is 1.88. The van der Waals surface area contributed by atoms with Gasteiger partial charge in [0.25, 0.3) is 5.56 Å². The van der Waals surface area contributed by atoms with Crippen molar-refractivity contribution in [2.45, 2.75) is 25.4 Å². The number of nitrogens with zero attached hydrogens (tertiary/aromatic N) is 2. The summed E-state index contributed by atoms with van der Waals surface area (Å²) in [7, 11) is -3.19. The fraction of sp³-hybridized carbons (Fsp3) is 0.300. The SMILES string of the molecule is CCS(=O)(=O)NCCCSc1nc2ccccc2c(=O)n1-c1ccc(C)cc1. The smallest absolute Gasteiger partial charge is 0.266 e. The van der Waals surface area contributed by atoms with Crippen LogP contribution in [-0.4, -0.2) is 36.0 Å². The van der Waals surface area contributed by atoms with E-state index in [0.717, 1.165) is 11.3 Å². The molecule has 1 aromatic heterocycles. The fourth-order valence-electron chi connectivity index (χ4n) is 2.70. The van der Waals surface area contributed by atoms with Crippen LogP contribution in [0.25, 0.3) is 16.6 Å². The second-order valence-corrected chi connectivity index (χ2v) is 9.55. The maximum Gasteiger partial charge on any atom is 0.266 e. The van der Waals surface area contributed by atoms with Gasteiger partial charge in [-0.1, -0.05) is 41.6 Å². The summed E-state index contributed by atoms with van der Waals surface area (Å²) in [5.41, 5.74) is 2.43. The molecule has 8 heteroatoms. The van der Waals surface area contributed by atoms with Gasteiger partial charge >= 0.3 is 0 Å². The van der Waals surface area contributed by atoms with Crippen molar-refractivity contribution in [2.75, 3.05) is 18.1 Å². The lowest BCUT2D eigenvalue weighted by Crippen LogP contribution is -2.26. The Kier molecular flexibility index (Phi) is 6.53. The van der Waals surface area contributed by atoms with E-state index in [-0.39, 0.29) is 11.3 Å². The molecule has 6 nitrogen and oxygen atoms in total. The van der Waals surface area contributed by atoms with Gasteiger partial charge in [-0.05, 0) is 44.5 Å². The molecule has 28 heavy (non-hydrogen) atoms. The number of aryl methyl sites for hydroxylation is 1. The molecular formula is C20H23N3O3S2. The van der Waals surface area contributed by atoms with Crippen LogP contribution in [0, 0.1) is 6.92 Å². The zero-order valence-corrected chi connectivity index (χ0v) is 17.5. The molecule has 1 heterocycles. The predicted molar refractivity (Wildman–Crippen MR) is 115 cm³/mol. The van der Waals surface area contributed by atoms with Gasteiger partial charge < -0.3 is 0 Å². The lowest BCUT2D eigenvalue weighted by atomic mass is 10.2. The molecule has 0 bridgehead atoms. The normalized spacial score (nSPS) is 11.8. The summed E-state index contributed by atoms with van der Waals surface area (Å²) in [5, 5.41) is 1.18. The number of fused-ring (bicyclic) bond motifs is 1. The number of hydrogen-bond acceptors (Lipinski definition) is 5. The number of sulfonamides is 1. The zero-order valence-electron chi connectivity index (χ0n) is 15.9. The molecule has 148 valence electrons. The van der Waals surface area contributed by atoms with E-state index in [4.69, 9.17) is 0 Å². The average Bonchev–Trinajstić information content (AvgIpc) is 2.69. The molecule has 1 N–H and O–H groups in total. The molecule has 0 fully saturated rings. The highest BCUT2D eigenvalue weighted by Crippen LogP contribution is 2.22. The Morgan fingerprint density at radius 2 is 1.82 bits per heavy atom. The van der Waals surface area contributed by atoms with E-state index in [2.05, 4.69) is 9.71 Å². The van der Waals surface area contributed by atoms with E-state index in [1.807, 2.05) is 49.4 Å². The molecule has 0 aliphatic carbocycles. The first-order valence-electron chi connectivity index (χ1n) is 9.10. The summed E-state index contributed by atoms with van der Waals surface area (Å²) >= 11 is 1.45. The van der Waals surface area contributed by atoms with E-state index < -0.39 is 10.0 Å². The van der Waals surface area contributed by atoms with Crippen molar-refractivity contribution < 1.29 is 8.42 Å². The highest BCUT2D eigenvalue weighted by molar-refractivity contribution is 7.99.